The van der Waals surface area contributed by atoms with Crippen LogP contribution < -0.4 is 10.6 Å². The third-order valence-corrected chi connectivity index (χ3v) is 4.84. The minimum absolute atomic E-state index is 0.367. The lowest BCUT2D eigenvalue weighted by Gasteiger charge is -2.08. The fourth-order valence-electron chi connectivity index (χ4n) is 2.99. The molecule has 1 aliphatic rings. The van der Waals surface area contributed by atoms with Crippen LogP contribution in [-0.4, -0.2) is 34.1 Å². The largest absolute Gasteiger partial charge is 0.375 e. The van der Waals surface area contributed by atoms with Crippen LogP contribution in [0.1, 0.15) is 12.0 Å². The highest BCUT2D eigenvalue weighted by atomic mass is 32.2. The Balaban J connectivity index is 1.76. The monoisotopic (exact) mass is 386 g/mol. The van der Waals surface area contributed by atoms with Gasteiger partial charge in [0.1, 0.15) is 5.03 Å². The van der Waals surface area contributed by atoms with Crippen LogP contribution in [0.2, 0.25) is 0 Å². The number of hydrogen-bond donors (Lipinski definition) is 2. The van der Waals surface area contributed by atoms with E-state index in [0.717, 1.165) is 29.1 Å². The van der Waals surface area contributed by atoms with Gasteiger partial charge in [0.2, 0.25) is 0 Å². The van der Waals surface area contributed by atoms with Crippen LogP contribution in [0.25, 0.3) is 16.5 Å². The number of aromatic nitrogens is 1. The molecule has 2 aromatic rings. The second kappa shape index (κ2) is 8.09. The molecule has 0 fully saturated rings. The molecule has 8 nitrogen and oxygen atoms in total. The summed E-state index contributed by atoms with van der Waals surface area (Å²) in [6, 6.07) is 7.68. The maximum atomic E-state index is 12.0. The second-order valence-corrected chi connectivity index (χ2v) is 6.74. The Kier molecular flexibility index (Phi) is 5.60. The van der Waals surface area contributed by atoms with Crippen LogP contribution in [0.3, 0.4) is 0 Å². The molecular weight excluding hydrogens is 368 g/mol. The molecule has 1 aromatic heterocycles. The van der Waals surface area contributed by atoms with Crippen LogP contribution >= 0.6 is 11.8 Å². The Bertz CT molecular complexity index is 977. The number of nitrogens with one attached hydrogen (secondary N) is 2. The van der Waals surface area contributed by atoms with Crippen molar-refractivity contribution in [3.05, 3.63) is 63.4 Å². The summed E-state index contributed by atoms with van der Waals surface area (Å²) >= 11 is 1.29. The number of nitrogens with zero attached hydrogens (tertiary/aromatic N) is 2. The highest BCUT2D eigenvalue weighted by Crippen LogP contribution is 2.29. The highest BCUT2D eigenvalue weighted by Gasteiger charge is 2.25. The van der Waals surface area contributed by atoms with Crippen LogP contribution in [0, 0.1) is 10.1 Å². The first-order valence-electron chi connectivity index (χ1n) is 8.28. The Hall–Kier alpha value is -3.07. The lowest BCUT2D eigenvalue weighted by Crippen LogP contribution is -2.21. The van der Waals surface area contributed by atoms with Gasteiger partial charge in [-0.25, -0.2) is 0 Å². The zero-order valence-corrected chi connectivity index (χ0v) is 15.4. The summed E-state index contributed by atoms with van der Waals surface area (Å²) in [4.78, 5) is 33.6. The van der Waals surface area contributed by atoms with Gasteiger partial charge in [0.25, 0.3) is 18.0 Å². The Morgan fingerprint density at radius 3 is 2.81 bits per heavy atom. The molecule has 2 N–H and O–H groups in total. The maximum Gasteiger partial charge on any atom is 0.263 e. The van der Waals surface area contributed by atoms with Crippen molar-refractivity contribution in [3.8, 4) is 0 Å². The van der Waals surface area contributed by atoms with Gasteiger partial charge in [-0.2, -0.15) is 0 Å². The van der Waals surface area contributed by atoms with Gasteiger partial charge in [0.15, 0.2) is 0 Å². The summed E-state index contributed by atoms with van der Waals surface area (Å²) in [7, 11) is 0. The van der Waals surface area contributed by atoms with E-state index in [1.54, 1.807) is 6.26 Å². The molecule has 140 valence electrons. The number of thioether (sulfide) groups is 1. The predicted molar refractivity (Wildman–Crippen MR) is 104 cm³/mol. The first-order chi connectivity index (χ1) is 13.0. The van der Waals surface area contributed by atoms with Crippen molar-refractivity contribution in [3.63, 3.8) is 0 Å². The highest BCUT2D eigenvalue weighted by molar-refractivity contribution is 8.02. The first kappa shape index (κ1) is 18.7. The first-order valence-corrected chi connectivity index (χ1v) is 9.50. The molecular formula is C18H18N4O4S. The molecule has 2 heterocycles. The number of fused-ring (bicyclic) bond motifs is 1. The molecule has 0 unspecified atom stereocenters. The Morgan fingerprint density at radius 1 is 1.37 bits per heavy atom. The Morgan fingerprint density at radius 2 is 2.15 bits per heavy atom. The van der Waals surface area contributed by atoms with Crippen molar-refractivity contribution in [1.29, 1.82) is 0 Å². The van der Waals surface area contributed by atoms with Crippen LogP contribution in [0.4, 0.5) is 0 Å². The van der Waals surface area contributed by atoms with Gasteiger partial charge in [-0.15, -0.1) is 11.8 Å². The minimum Gasteiger partial charge on any atom is -0.375 e. The van der Waals surface area contributed by atoms with E-state index in [2.05, 4.69) is 10.6 Å². The van der Waals surface area contributed by atoms with E-state index in [9.17, 15) is 19.7 Å². The third kappa shape index (κ3) is 4.20. The number of carbonyl (C=O) groups is 2. The number of aryl methyl sites for hydroxylation is 1. The van der Waals surface area contributed by atoms with Crippen molar-refractivity contribution in [2.45, 2.75) is 13.0 Å². The number of para-hydroxylation sites is 1. The molecule has 0 atom stereocenters. The molecule has 1 aliphatic heterocycles. The summed E-state index contributed by atoms with van der Waals surface area (Å²) in [5.74, 6) is -0.794. The second-order valence-electron chi connectivity index (χ2n) is 5.89. The van der Waals surface area contributed by atoms with Crippen molar-refractivity contribution in [2.75, 3.05) is 12.8 Å². The summed E-state index contributed by atoms with van der Waals surface area (Å²) < 4.78 is 2.03. The topological polar surface area (TPSA) is 106 Å². The molecule has 2 amide bonds. The zero-order valence-electron chi connectivity index (χ0n) is 14.6. The van der Waals surface area contributed by atoms with Gasteiger partial charge >= 0.3 is 0 Å². The lowest BCUT2D eigenvalue weighted by atomic mass is 10.1. The molecule has 0 spiro atoms. The lowest BCUT2D eigenvalue weighted by molar-refractivity contribution is -0.403. The van der Waals surface area contributed by atoms with Crippen molar-refractivity contribution >= 4 is 40.1 Å². The standard InChI is InChI=1S/C18H18N4O4S/c1-27-17(11-22(25)26)19-7-4-8-21-10-14(12-5-2-3-6-15(12)21)13-9-16(23)20-18(13)24/h2-3,5-6,9-11,19H,4,7-8H2,1H3,(H,20,23,24). The van der Waals surface area contributed by atoms with E-state index in [0.29, 0.717) is 23.7 Å². The third-order valence-electron chi connectivity index (χ3n) is 4.15. The van der Waals surface area contributed by atoms with E-state index >= 15 is 0 Å². The van der Waals surface area contributed by atoms with E-state index in [1.807, 2.05) is 35.0 Å². The van der Waals surface area contributed by atoms with Crippen molar-refractivity contribution in [1.82, 2.24) is 15.2 Å². The fourth-order valence-corrected chi connectivity index (χ4v) is 3.42. The number of hydrogen-bond acceptors (Lipinski definition) is 6. The molecule has 0 aliphatic carbocycles. The normalized spacial score (nSPS) is 14.4. The molecule has 9 heteroatoms. The molecule has 0 saturated carbocycles. The van der Waals surface area contributed by atoms with Gasteiger partial charge in [0, 0.05) is 41.8 Å². The summed E-state index contributed by atoms with van der Waals surface area (Å²) in [5.41, 5.74) is 2.05. The van der Waals surface area contributed by atoms with E-state index in [-0.39, 0.29) is 5.91 Å². The summed E-state index contributed by atoms with van der Waals surface area (Å²) in [6.45, 7) is 1.24. The van der Waals surface area contributed by atoms with E-state index in [4.69, 9.17) is 0 Å². The predicted octanol–water partition coefficient (Wildman–Crippen LogP) is 2.10. The minimum atomic E-state index is -0.480. The van der Waals surface area contributed by atoms with Gasteiger partial charge in [-0.3, -0.25) is 25.0 Å². The molecule has 3 rings (SSSR count). The average molecular weight is 386 g/mol. The van der Waals surface area contributed by atoms with Gasteiger partial charge in [-0.1, -0.05) is 18.2 Å². The van der Waals surface area contributed by atoms with E-state index < -0.39 is 10.8 Å². The van der Waals surface area contributed by atoms with Crippen molar-refractivity contribution < 1.29 is 14.5 Å². The van der Waals surface area contributed by atoms with Gasteiger partial charge < -0.3 is 9.88 Å². The molecule has 27 heavy (non-hydrogen) atoms. The summed E-state index contributed by atoms with van der Waals surface area (Å²) in [6.07, 6.45) is 6.66. The van der Waals surface area contributed by atoms with Gasteiger partial charge in [0.05, 0.1) is 10.5 Å². The van der Waals surface area contributed by atoms with Crippen LogP contribution in [-0.2, 0) is 16.1 Å². The summed E-state index contributed by atoms with van der Waals surface area (Å²) in [5, 5.41) is 17.3. The van der Waals surface area contributed by atoms with Crippen LogP contribution in [0.5, 0.6) is 0 Å². The quantitative estimate of drug-likeness (QED) is 0.311. The van der Waals surface area contributed by atoms with Gasteiger partial charge in [-0.05, 0) is 18.7 Å². The molecule has 0 bridgehead atoms. The fraction of sp³-hybridized carbons (Fsp3) is 0.222. The molecule has 1 aromatic carbocycles. The molecule has 0 saturated heterocycles. The zero-order chi connectivity index (χ0) is 19.4. The maximum absolute atomic E-state index is 12.0. The number of benzene rings is 1. The van der Waals surface area contributed by atoms with E-state index in [1.165, 1.54) is 17.8 Å². The molecule has 0 radical (unpaired) electrons. The number of nitro groups is 1. The number of carbonyl (C=O) groups excluding carboxylic acids is 2. The number of rotatable bonds is 8. The number of imide groups is 1. The van der Waals surface area contributed by atoms with Crippen molar-refractivity contribution in [2.24, 2.45) is 0 Å². The smallest absolute Gasteiger partial charge is 0.263 e. The van der Waals surface area contributed by atoms with Crippen LogP contribution in [0.15, 0.2) is 47.8 Å². The SMILES string of the molecule is CSC(=C[N+](=O)[O-])NCCCn1cc(C2=CC(=O)NC2=O)c2ccccc21. The Labute approximate surface area is 159 Å². The number of amides is 2. The average Bonchev–Trinajstić information content (AvgIpc) is 3.16.